The highest BCUT2D eigenvalue weighted by Crippen LogP contribution is 2.17. The lowest BCUT2D eigenvalue weighted by molar-refractivity contribution is 0.0988. The van der Waals surface area contributed by atoms with Gasteiger partial charge in [0.1, 0.15) is 0 Å². The number of carbonyl (C=O) groups excluding carboxylic acids is 1. The fourth-order valence-electron chi connectivity index (χ4n) is 2.02. The summed E-state index contributed by atoms with van der Waals surface area (Å²) in [4.78, 5) is 12.0. The number of rotatable bonds is 9. The number of halogens is 1. The fourth-order valence-corrected chi connectivity index (χ4v) is 2.61. The quantitative estimate of drug-likeness (QED) is 0.340. The summed E-state index contributed by atoms with van der Waals surface area (Å²) in [5.41, 5.74) is 0.811. The van der Waals surface area contributed by atoms with Crippen LogP contribution in [0.4, 0.5) is 0 Å². The maximum absolute atomic E-state index is 12.1. The summed E-state index contributed by atoms with van der Waals surface area (Å²) in [6, 6.07) is 9.54. The van der Waals surface area contributed by atoms with Gasteiger partial charge in [0, 0.05) is 5.56 Å². The number of hydrogen-bond acceptors (Lipinski definition) is 1. The van der Waals surface area contributed by atoms with Gasteiger partial charge in [-0.25, -0.2) is 0 Å². The molecule has 0 fully saturated rings. The van der Waals surface area contributed by atoms with Crippen molar-refractivity contribution in [2.75, 3.05) is 0 Å². The van der Waals surface area contributed by atoms with E-state index in [-0.39, 0.29) is 10.6 Å². The van der Waals surface area contributed by atoms with Crippen LogP contribution in [0.15, 0.2) is 30.3 Å². The molecule has 100 valence electrons. The van der Waals surface area contributed by atoms with Gasteiger partial charge in [-0.1, -0.05) is 91.7 Å². The van der Waals surface area contributed by atoms with E-state index >= 15 is 0 Å². The SMILES string of the molecule is CCCCCCCCC(Br)C(=O)c1ccccc1. The first-order chi connectivity index (χ1) is 8.75. The van der Waals surface area contributed by atoms with Crippen molar-refractivity contribution in [1.29, 1.82) is 0 Å². The highest BCUT2D eigenvalue weighted by molar-refractivity contribution is 9.10. The Bertz CT molecular complexity index is 334. The van der Waals surface area contributed by atoms with Gasteiger partial charge in [0.25, 0.3) is 0 Å². The van der Waals surface area contributed by atoms with Crippen molar-refractivity contribution in [2.24, 2.45) is 0 Å². The van der Waals surface area contributed by atoms with E-state index in [1.165, 1.54) is 32.1 Å². The van der Waals surface area contributed by atoms with E-state index < -0.39 is 0 Å². The Labute approximate surface area is 119 Å². The average molecular weight is 311 g/mol. The molecule has 0 saturated heterocycles. The molecular weight excluding hydrogens is 288 g/mol. The summed E-state index contributed by atoms with van der Waals surface area (Å²) in [5.74, 6) is 0.212. The van der Waals surface area contributed by atoms with Crippen LogP contribution in [0.2, 0.25) is 0 Å². The van der Waals surface area contributed by atoms with Crippen molar-refractivity contribution in [3.8, 4) is 0 Å². The summed E-state index contributed by atoms with van der Waals surface area (Å²) in [6.07, 6.45) is 8.57. The number of alkyl halides is 1. The van der Waals surface area contributed by atoms with Crippen molar-refractivity contribution in [2.45, 2.75) is 56.7 Å². The van der Waals surface area contributed by atoms with Crippen molar-refractivity contribution < 1.29 is 4.79 Å². The van der Waals surface area contributed by atoms with Gasteiger partial charge in [-0.05, 0) is 6.42 Å². The van der Waals surface area contributed by atoms with Crippen molar-refractivity contribution in [3.63, 3.8) is 0 Å². The Hall–Kier alpha value is -0.630. The van der Waals surface area contributed by atoms with Crippen LogP contribution in [0.5, 0.6) is 0 Å². The lowest BCUT2D eigenvalue weighted by Crippen LogP contribution is -2.13. The lowest BCUT2D eigenvalue weighted by Gasteiger charge is -2.08. The van der Waals surface area contributed by atoms with E-state index in [2.05, 4.69) is 22.9 Å². The van der Waals surface area contributed by atoms with Gasteiger partial charge in [0.15, 0.2) is 5.78 Å². The molecule has 0 radical (unpaired) electrons. The molecule has 18 heavy (non-hydrogen) atoms. The first-order valence-corrected chi connectivity index (χ1v) is 7.90. The summed E-state index contributed by atoms with van der Waals surface area (Å²) >= 11 is 3.51. The van der Waals surface area contributed by atoms with E-state index in [4.69, 9.17) is 0 Å². The zero-order valence-corrected chi connectivity index (χ0v) is 12.8. The minimum atomic E-state index is -0.0222. The van der Waals surface area contributed by atoms with Crippen molar-refractivity contribution in [3.05, 3.63) is 35.9 Å². The molecule has 1 nitrogen and oxygen atoms in total. The first-order valence-electron chi connectivity index (χ1n) is 6.99. The third kappa shape index (κ3) is 5.81. The molecule has 0 amide bonds. The standard InChI is InChI=1S/C16H23BrO/c1-2-3-4-5-6-10-13-15(17)16(18)14-11-8-7-9-12-14/h7-9,11-12,15H,2-6,10,13H2,1H3. The summed E-state index contributed by atoms with van der Waals surface area (Å²) in [5, 5.41) is 0. The molecule has 1 aromatic rings. The second kappa shape index (κ2) is 9.32. The average Bonchev–Trinajstić information content (AvgIpc) is 2.42. The number of benzene rings is 1. The Morgan fingerprint density at radius 2 is 1.67 bits per heavy atom. The van der Waals surface area contributed by atoms with Crippen LogP contribution in [0.3, 0.4) is 0 Å². The molecular formula is C16H23BrO. The molecule has 1 unspecified atom stereocenters. The predicted octanol–water partition coefficient (Wildman–Crippen LogP) is 5.38. The van der Waals surface area contributed by atoms with Crippen LogP contribution in [0.25, 0.3) is 0 Å². The van der Waals surface area contributed by atoms with E-state index in [9.17, 15) is 4.79 Å². The molecule has 0 aliphatic heterocycles. The van der Waals surface area contributed by atoms with Crippen LogP contribution in [0, 0.1) is 0 Å². The van der Waals surface area contributed by atoms with Crippen LogP contribution in [-0.2, 0) is 0 Å². The topological polar surface area (TPSA) is 17.1 Å². The summed E-state index contributed by atoms with van der Waals surface area (Å²) in [6.45, 7) is 2.23. The fraction of sp³-hybridized carbons (Fsp3) is 0.562. The highest BCUT2D eigenvalue weighted by atomic mass is 79.9. The van der Waals surface area contributed by atoms with Gasteiger partial charge in [-0.15, -0.1) is 0 Å². The van der Waals surface area contributed by atoms with Crippen LogP contribution < -0.4 is 0 Å². The molecule has 0 aliphatic rings. The number of unbranched alkanes of at least 4 members (excludes halogenated alkanes) is 5. The zero-order chi connectivity index (χ0) is 13.2. The van der Waals surface area contributed by atoms with Crippen LogP contribution >= 0.6 is 15.9 Å². The maximum atomic E-state index is 12.1. The molecule has 0 N–H and O–H groups in total. The monoisotopic (exact) mass is 310 g/mol. The smallest absolute Gasteiger partial charge is 0.176 e. The molecule has 0 heterocycles. The second-order valence-corrected chi connectivity index (χ2v) is 5.86. The van der Waals surface area contributed by atoms with Gasteiger partial charge >= 0.3 is 0 Å². The molecule has 1 aromatic carbocycles. The van der Waals surface area contributed by atoms with Crippen LogP contribution in [-0.4, -0.2) is 10.6 Å². The molecule has 0 aliphatic carbocycles. The largest absolute Gasteiger partial charge is 0.293 e. The third-order valence-corrected chi connectivity index (χ3v) is 4.03. The number of ketones is 1. The van der Waals surface area contributed by atoms with E-state index in [0.717, 1.165) is 18.4 Å². The molecule has 2 heteroatoms. The predicted molar refractivity (Wildman–Crippen MR) is 81.5 cm³/mol. The van der Waals surface area contributed by atoms with Gasteiger partial charge < -0.3 is 0 Å². The van der Waals surface area contributed by atoms with Crippen LogP contribution in [0.1, 0.15) is 62.2 Å². The number of carbonyl (C=O) groups is 1. The van der Waals surface area contributed by atoms with Gasteiger partial charge in [0.2, 0.25) is 0 Å². The Morgan fingerprint density at radius 1 is 1.06 bits per heavy atom. The molecule has 0 spiro atoms. The Balaban J connectivity index is 2.20. The Morgan fingerprint density at radius 3 is 2.33 bits per heavy atom. The molecule has 1 atom stereocenters. The molecule has 1 rings (SSSR count). The second-order valence-electron chi connectivity index (χ2n) is 4.75. The first kappa shape index (κ1) is 15.4. The summed E-state index contributed by atoms with van der Waals surface area (Å²) < 4.78 is 0. The van der Waals surface area contributed by atoms with E-state index in [0.29, 0.717) is 0 Å². The summed E-state index contributed by atoms with van der Waals surface area (Å²) in [7, 11) is 0. The molecule has 0 aromatic heterocycles. The van der Waals surface area contributed by atoms with Gasteiger partial charge in [0.05, 0.1) is 4.83 Å². The number of Topliss-reactive ketones (excluding diaryl/α,β-unsaturated/α-hetero) is 1. The van der Waals surface area contributed by atoms with Crippen molar-refractivity contribution >= 4 is 21.7 Å². The lowest BCUT2D eigenvalue weighted by atomic mass is 10.0. The molecule has 0 saturated carbocycles. The maximum Gasteiger partial charge on any atom is 0.176 e. The van der Waals surface area contributed by atoms with Crippen molar-refractivity contribution in [1.82, 2.24) is 0 Å². The minimum Gasteiger partial charge on any atom is -0.293 e. The van der Waals surface area contributed by atoms with Gasteiger partial charge in [-0.3, -0.25) is 4.79 Å². The number of hydrogen-bond donors (Lipinski definition) is 0. The zero-order valence-electron chi connectivity index (χ0n) is 11.2. The van der Waals surface area contributed by atoms with E-state index in [1.807, 2.05) is 30.3 Å². The third-order valence-electron chi connectivity index (χ3n) is 3.15. The van der Waals surface area contributed by atoms with E-state index in [1.54, 1.807) is 0 Å². The highest BCUT2D eigenvalue weighted by Gasteiger charge is 2.15. The minimum absolute atomic E-state index is 0.0222. The normalized spacial score (nSPS) is 12.3. The van der Waals surface area contributed by atoms with Gasteiger partial charge in [-0.2, -0.15) is 0 Å². The molecule has 0 bridgehead atoms. The Kier molecular flexibility index (Phi) is 7.99.